The number of pyridine rings is 2. The van der Waals surface area contributed by atoms with E-state index in [0.717, 1.165) is 51.1 Å². The van der Waals surface area contributed by atoms with E-state index in [9.17, 15) is 0 Å². The molecule has 0 unspecified atom stereocenters. The lowest BCUT2D eigenvalue weighted by atomic mass is 9.90. The smallest absolute Gasteiger partial charge is 0.138 e. The number of piperidine rings is 1. The highest BCUT2D eigenvalue weighted by molar-refractivity contribution is 5.55. The van der Waals surface area contributed by atoms with Crippen LogP contribution in [-0.4, -0.2) is 64.4 Å². The minimum Gasteiger partial charge on any atom is -0.355 e. The summed E-state index contributed by atoms with van der Waals surface area (Å²) in [5.74, 6) is 1.29. The van der Waals surface area contributed by atoms with E-state index in [1.807, 2.05) is 12.3 Å². The molecule has 5 rings (SSSR count). The zero-order valence-electron chi connectivity index (χ0n) is 20.0. The Balaban J connectivity index is 1.54. The lowest BCUT2D eigenvalue weighted by molar-refractivity contribution is 0.109. The lowest BCUT2D eigenvalue weighted by Gasteiger charge is -2.39. The third kappa shape index (κ3) is 3.69. The number of likely N-dealkylation sites (tertiary alicyclic amines) is 1. The third-order valence-corrected chi connectivity index (χ3v) is 7.53. The van der Waals surface area contributed by atoms with Crippen LogP contribution in [0.25, 0.3) is 5.65 Å². The number of imidazole rings is 1. The van der Waals surface area contributed by atoms with Gasteiger partial charge in [0, 0.05) is 38.1 Å². The van der Waals surface area contributed by atoms with Crippen LogP contribution in [0.15, 0.2) is 36.5 Å². The molecule has 6 heteroatoms. The van der Waals surface area contributed by atoms with Crippen molar-refractivity contribution in [2.24, 2.45) is 0 Å². The molecular formula is C26H36N6. The second-order valence-electron chi connectivity index (χ2n) is 9.50. The number of hydrogen-bond acceptors (Lipinski definition) is 5. The van der Waals surface area contributed by atoms with Crippen LogP contribution < -0.4 is 4.90 Å². The number of fused-ring (bicyclic) bond motifs is 1. The number of hydrogen-bond donors (Lipinski definition) is 0. The molecule has 0 saturated carbocycles. The van der Waals surface area contributed by atoms with Gasteiger partial charge in [-0.05, 0) is 70.5 Å². The van der Waals surface area contributed by atoms with Crippen molar-refractivity contribution in [1.29, 1.82) is 0 Å². The molecular weight excluding hydrogens is 396 g/mol. The van der Waals surface area contributed by atoms with Crippen molar-refractivity contribution in [2.45, 2.75) is 51.6 Å². The monoisotopic (exact) mass is 432 g/mol. The van der Waals surface area contributed by atoms with Gasteiger partial charge in [0.15, 0.2) is 0 Å². The average Bonchev–Trinajstić information content (AvgIpc) is 3.19. The molecule has 2 aliphatic heterocycles. The Hall–Kier alpha value is -2.44. The van der Waals surface area contributed by atoms with Gasteiger partial charge in [-0.25, -0.2) is 4.98 Å². The normalized spacial score (nSPS) is 23.2. The van der Waals surface area contributed by atoms with Crippen LogP contribution in [0.1, 0.15) is 60.9 Å². The summed E-state index contributed by atoms with van der Waals surface area (Å²) in [5.41, 5.74) is 6.21. The molecule has 3 aromatic heterocycles. The van der Waals surface area contributed by atoms with Gasteiger partial charge in [0.05, 0.1) is 23.5 Å². The van der Waals surface area contributed by atoms with Crippen molar-refractivity contribution in [1.82, 2.24) is 24.2 Å². The number of piperazine rings is 1. The molecule has 32 heavy (non-hydrogen) atoms. The second kappa shape index (κ2) is 8.83. The van der Waals surface area contributed by atoms with Crippen molar-refractivity contribution < 1.29 is 0 Å². The van der Waals surface area contributed by atoms with Crippen LogP contribution in [-0.2, 0) is 6.42 Å². The predicted octanol–water partition coefficient (Wildman–Crippen LogP) is 4.25. The number of rotatable bonds is 4. The summed E-state index contributed by atoms with van der Waals surface area (Å²) in [7, 11) is 4.48. The topological polar surface area (TPSA) is 39.9 Å². The summed E-state index contributed by atoms with van der Waals surface area (Å²) in [4.78, 5) is 17.5. The van der Waals surface area contributed by atoms with Crippen molar-refractivity contribution in [3.63, 3.8) is 0 Å². The molecule has 170 valence electrons. The van der Waals surface area contributed by atoms with Crippen molar-refractivity contribution in [3.8, 4) is 0 Å². The average molecular weight is 433 g/mol. The zero-order valence-corrected chi connectivity index (χ0v) is 20.0. The Morgan fingerprint density at radius 1 is 0.938 bits per heavy atom. The van der Waals surface area contributed by atoms with E-state index in [2.05, 4.69) is 71.3 Å². The molecule has 3 aromatic rings. The molecule has 0 amide bonds. The SMILES string of the molecule is CCc1c([C@H]2CCC[C@@H](c3ncccc3C)N2C)nc2cccc(N3CCN(C)CC3)n12. The second-order valence-corrected chi connectivity index (χ2v) is 9.50. The van der Waals surface area contributed by atoms with E-state index in [4.69, 9.17) is 9.97 Å². The summed E-state index contributed by atoms with van der Waals surface area (Å²) < 4.78 is 2.43. The Bertz CT molecular complexity index is 1080. The largest absolute Gasteiger partial charge is 0.355 e. The Kier molecular flexibility index (Phi) is 5.91. The number of likely N-dealkylation sites (N-methyl/N-ethyl adjacent to an activating group) is 1. The van der Waals surface area contributed by atoms with Crippen LogP contribution in [0, 0.1) is 6.92 Å². The van der Waals surface area contributed by atoms with Gasteiger partial charge in [0.25, 0.3) is 0 Å². The van der Waals surface area contributed by atoms with Gasteiger partial charge in [0.2, 0.25) is 0 Å². The first kappa shape index (κ1) is 21.4. The molecule has 0 spiro atoms. The Morgan fingerprint density at radius 2 is 1.69 bits per heavy atom. The number of aromatic nitrogens is 3. The molecule has 2 fully saturated rings. The first-order chi connectivity index (χ1) is 15.6. The molecule has 2 atom stereocenters. The van der Waals surface area contributed by atoms with Gasteiger partial charge in [-0.15, -0.1) is 0 Å². The fraction of sp³-hybridized carbons (Fsp3) is 0.538. The van der Waals surface area contributed by atoms with Crippen LogP contribution in [0.3, 0.4) is 0 Å². The zero-order chi connectivity index (χ0) is 22.2. The van der Waals surface area contributed by atoms with Crippen LogP contribution in [0.5, 0.6) is 0 Å². The third-order valence-electron chi connectivity index (χ3n) is 7.53. The van der Waals surface area contributed by atoms with Gasteiger partial charge >= 0.3 is 0 Å². The van der Waals surface area contributed by atoms with Crippen molar-refractivity contribution >= 4 is 11.5 Å². The van der Waals surface area contributed by atoms with E-state index in [-0.39, 0.29) is 0 Å². The van der Waals surface area contributed by atoms with E-state index in [1.165, 1.54) is 34.9 Å². The minimum atomic E-state index is 0.324. The lowest BCUT2D eigenvalue weighted by Crippen LogP contribution is -2.45. The summed E-state index contributed by atoms with van der Waals surface area (Å²) in [6, 6.07) is 11.5. The quantitative estimate of drug-likeness (QED) is 0.616. The molecule has 6 nitrogen and oxygen atoms in total. The molecule has 5 heterocycles. The van der Waals surface area contributed by atoms with E-state index in [0.29, 0.717) is 12.1 Å². The molecule has 0 radical (unpaired) electrons. The van der Waals surface area contributed by atoms with Crippen molar-refractivity contribution in [2.75, 3.05) is 45.2 Å². The maximum Gasteiger partial charge on any atom is 0.138 e. The van der Waals surface area contributed by atoms with E-state index >= 15 is 0 Å². The predicted molar refractivity (Wildman–Crippen MR) is 130 cm³/mol. The Morgan fingerprint density at radius 3 is 2.41 bits per heavy atom. The molecule has 0 N–H and O–H groups in total. The Labute approximate surface area is 191 Å². The van der Waals surface area contributed by atoms with Gasteiger partial charge in [-0.1, -0.05) is 19.1 Å². The van der Waals surface area contributed by atoms with Crippen LogP contribution in [0.4, 0.5) is 5.82 Å². The first-order valence-electron chi connectivity index (χ1n) is 12.2. The summed E-state index contributed by atoms with van der Waals surface area (Å²) >= 11 is 0. The molecule has 2 saturated heterocycles. The highest BCUT2D eigenvalue weighted by Crippen LogP contribution is 2.41. The fourth-order valence-corrected chi connectivity index (χ4v) is 5.68. The molecule has 0 aliphatic carbocycles. The number of anilines is 1. The summed E-state index contributed by atoms with van der Waals surface area (Å²) in [6.45, 7) is 8.81. The van der Waals surface area contributed by atoms with Crippen LogP contribution in [0.2, 0.25) is 0 Å². The van der Waals surface area contributed by atoms with E-state index in [1.54, 1.807) is 0 Å². The highest BCUT2D eigenvalue weighted by atomic mass is 15.3. The first-order valence-corrected chi connectivity index (χ1v) is 12.2. The van der Waals surface area contributed by atoms with Crippen molar-refractivity contribution in [3.05, 3.63) is 59.2 Å². The summed E-state index contributed by atoms with van der Waals surface area (Å²) in [5, 5.41) is 0. The molecule has 0 bridgehead atoms. The van der Waals surface area contributed by atoms with E-state index < -0.39 is 0 Å². The maximum absolute atomic E-state index is 5.24. The maximum atomic E-state index is 5.24. The molecule has 2 aliphatic rings. The highest BCUT2D eigenvalue weighted by Gasteiger charge is 2.34. The number of aryl methyl sites for hydroxylation is 2. The summed E-state index contributed by atoms with van der Waals surface area (Å²) in [6.07, 6.45) is 6.44. The fourth-order valence-electron chi connectivity index (χ4n) is 5.68. The van der Waals surface area contributed by atoms with Crippen LogP contribution >= 0.6 is 0 Å². The van der Waals surface area contributed by atoms with Gasteiger partial charge in [-0.3, -0.25) is 14.3 Å². The van der Waals surface area contributed by atoms with Gasteiger partial charge < -0.3 is 9.80 Å². The molecule has 0 aromatic carbocycles. The van der Waals surface area contributed by atoms with Gasteiger partial charge in [-0.2, -0.15) is 0 Å². The minimum absolute atomic E-state index is 0.324. The van der Waals surface area contributed by atoms with Gasteiger partial charge in [0.1, 0.15) is 11.5 Å². The number of nitrogens with zero attached hydrogens (tertiary/aromatic N) is 6. The standard InChI is InChI=1S/C26H36N6/c1-5-20-26(22-11-6-10-21(30(22)4)25-19(2)9-8-14-27-25)28-23-12-7-13-24(32(20)23)31-17-15-29(3)16-18-31/h7-9,12-14,21-22H,5-6,10-11,15-18H2,1-4H3/t21-,22+/m0/s1.